The average molecular weight is 150 g/mol. The average Bonchev–Trinajstić information content (AvgIpc) is 2.14. The standard InChI is InChI=1S/C10H14O/c11-10-8-4-6-1-2-9(10)7(3-6)5-8/h1-2,6-11H,3-5H2. The van der Waals surface area contributed by atoms with Gasteiger partial charge in [0, 0.05) is 5.92 Å². The van der Waals surface area contributed by atoms with Crippen LogP contribution in [0.5, 0.6) is 0 Å². The number of aliphatic hydroxyl groups is 1. The Morgan fingerprint density at radius 2 is 1.82 bits per heavy atom. The first-order chi connectivity index (χ1) is 5.34. The molecular weight excluding hydrogens is 136 g/mol. The number of allylic oxidation sites excluding steroid dienone is 1. The first kappa shape index (κ1) is 6.24. The molecule has 0 radical (unpaired) electrons. The fourth-order valence-corrected chi connectivity index (χ4v) is 3.36. The fraction of sp³-hybridized carbons (Fsp3) is 0.800. The second-order valence-electron chi connectivity index (χ2n) is 4.44. The maximum Gasteiger partial charge on any atom is 0.0633 e. The van der Waals surface area contributed by atoms with Gasteiger partial charge in [0.05, 0.1) is 6.10 Å². The molecule has 0 aromatic heterocycles. The molecule has 0 heterocycles. The van der Waals surface area contributed by atoms with E-state index in [4.69, 9.17) is 0 Å². The molecule has 1 nitrogen and oxygen atoms in total. The SMILES string of the molecule is OC1C2CC3C=CC1C(C3)C2. The van der Waals surface area contributed by atoms with Gasteiger partial charge in [-0.2, -0.15) is 0 Å². The maximum absolute atomic E-state index is 9.83. The number of fused-ring (bicyclic) bond motifs is 2. The molecule has 1 N–H and O–H groups in total. The highest BCUT2D eigenvalue weighted by Gasteiger charge is 2.47. The van der Waals surface area contributed by atoms with E-state index < -0.39 is 0 Å². The number of hydrogen-bond acceptors (Lipinski definition) is 1. The van der Waals surface area contributed by atoms with Crippen LogP contribution in [0.1, 0.15) is 19.3 Å². The summed E-state index contributed by atoms with van der Waals surface area (Å²) in [6, 6.07) is 0. The van der Waals surface area contributed by atoms with Gasteiger partial charge in [0.2, 0.25) is 0 Å². The normalized spacial score (nSPS) is 58.8. The van der Waals surface area contributed by atoms with Crippen LogP contribution in [0.15, 0.2) is 12.2 Å². The lowest BCUT2D eigenvalue weighted by Gasteiger charge is -2.28. The van der Waals surface area contributed by atoms with Crippen LogP contribution in [0, 0.1) is 23.7 Å². The van der Waals surface area contributed by atoms with Gasteiger partial charge in [-0.25, -0.2) is 0 Å². The van der Waals surface area contributed by atoms with E-state index in [1.807, 2.05) is 0 Å². The molecule has 2 saturated carbocycles. The molecule has 5 unspecified atom stereocenters. The van der Waals surface area contributed by atoms with E-state index in [-0.39, 0.29) is 6.10 Å². The molecule has 0 amide bonds. The molecule has 0 spiro atoms. The molecule has 1 heteroatoms. The molecule has 3 bridgehead atoms. The molecule has 0 aromatic rings. The first-order valence-electron chi connectivity index (χ1n) is 4.71. The minimum absolute atomic E-state index is 0.00347. The zero-order chi connectivity index (χ0) is 7.42. The Labute approximate surface area is 67.1 Å². The number of rotatable bonds is 0. The Bertz CT molecular complexity index is 207. The molecule has 3 rings (SSSR count). The summed E-state index contributed by atoms with van der Waals surface area (Å²) < 4.78 is 0. The largest absolute Gasteiger partial charge is 0.392 e. The third kappa shape index (κ3) is 0.698. The predicted octanol–water partition coefficient (Wildman–Crippen LogP) is 1.58. The summed E-state index contributed by atoms with van der Waals surface area (Å²) in [5, 5.41) is 9.83. The summed E-state index contributed by atoms with van der Waals surface area (Å²) >= 11 is 0. The number of aliphatic hydroxyl groups excluding tert-OH is 1. The van der Waals surface area contributed by atoms with E-state index in [0.29, 0.717) is 11.8 Å². The van der Waals surface area contributed by atoms with Gasteiger partial charge >= 0.3 is 0 Å². The topological polar surface area (TPSA) is 20.2 Å². The van der Waals surface area contributed by atoms with Crippen LogP contribution in [0.25, 0.3) is 0 Å². The van der Waals surface area contributed by atoms with Crippen molar-refractivity contribution in [3.05, 3.63) is 12.2 Å². The summed E-state index contributed by atoms with van der Waals surface area (Å²) in [6.07, 6.45) is 8.52. The molecule has 5 atom stereocenters. The van der Waals surface area contributed by atoms with E-state index in [0.717, 1.165) is 11.8 Å². The van der Waals surface area contributed by atoms with E-state index in [2.05, 4.69) is 12.2 Å². The van der Waals surface area contributed by atoms with Gasteiger partial charge < -0.3 is 5.11 Å². The molecule has 3 aliphatic carbocycles. The molecular formula is C10H14O. The van der Waals surface area contributed by atoms with Crippen LogP contribution in [-0.2, 0) is 0 Å². The third-order valence-corrected chi connectivity index (χ3v) is 3.84. The zero-order valence-electron chi connectivity index (χ0n) is 6.61. The predicted molar refractivity (Wildman–Crippen MR) is 43.0 cm³/mol. The monoisotopic (exact) mass is 150 g/mol. The second kappa shape index (κ2) is 1.89. The van der Waals surface area contributed by atoms with Gasteiger partial charge in [0.15, 0.2) is 0 Å². The lowest BCUT2D eigenvalue weighted by molar-refractivity contribution is 0.106. The minimum atomic E-state index is 0.00347. The van der Waals surface area contributed by atoms with Gasteiger partial charge in [-0.3, -0.25) is 0 Å². The minimum Gasteiger partial charge on any atom is -0.392 e. The van der Waals surface area contributed by atoms with Gasteiger partial charge in [-0.15, -0.1) is 0 Å². The summed E-state index contributed by atoms with van der Waals surface area (Å²) in [5.74, 6) is 2.81. The zero-order valence-corrected chi connectivity index (χ0v) is 6.61. The van der Waals surface area contributed by atoms with Crippen molar-refractivity contribution in [2.45, 2.75) is 25.4 Å². The first-order valence-corrected chi connectivity index (χ1v) is 4.71. The van der Waals surface area contributed by atoms with E-state index in [1.54, 1.807) is 0 Å². The highest BCUT2D eigenvalue weighted by Crippen LogP contribution is 2.51. The fourth-order valence-electron chi connectivity index (χ4n) is 3.36. The van der Waals surface area contributed by atoms with Gasteiger partial charge in [0.1, 0.15) is 0 Å². The van der Waals surface area contributed by atoms with Crippen molar-refractivity contribution in [2.75, 3.05) is 0 Å². The molecule has 11 heavy (non-hydrogen) atoms. The number of hydrogen-bond donors (Lipinski definition) is 1. The van der Waals surface area contributed by atoms with Crippen LogP contribution in [0.4, 0.5) is 0 Å². The van der Waals surface area contributed by atoms with Crippen molar-refractivity contribution in [3.8, 4) is 0 Å². The Balaban J connectivity index is 2.04. The molecule has 0 saturated heterocycles. The van der Waals surface area contributed by atoms with Crippen molar-refractivity contribution < 1.29 is 5.11 Å². The molecule has 60 valence electrons. The van der Waals surface area contributed by atoms with Crippen LogP contribution >= 0.6 is 0 Å². The van der Waals surface area contributed by atoms with Crippen molar-refractivity contribution in [1.82, 2.24) is 0 Å². The van der Waals surface area contributed by atoms with E-state index in [9.17, 15) is 5.11 Å². The molecule has 3 aliphatic rings. The smallest absolute Gasteiger partial charge is 0.0633 e. The van der Waals surface area contributed by atoms with Crippen LogP contribution in [0.3, 0.4) is 0 Å². The summed E-state index contributed by atoms with van der Waals surface area (Å²) in [7, 11) is 0. The van der Waals surface area contributed by atoms with Crippen molar-refractivity contribution >= 4 is 0 Å². The molecule has 0 aromatic carbocycles. The Morgan fingerprint density at radius 3 is 2.73 bits per heavy atom. The highest BCUT2D eigenvalue weighted by atomic mass is 16.3. The van der Waals surface area contributed by atoms with Gasteiger partial charge in [-0.1, -0.05) is 12.2 Å². The Hall–Kier alpha value is -0.300. The van der Waals surface area contributed by atoms with E-state index >= 15 is 0 Å². The van der Waals surface area contributed by atoms with Crippen LogP contribution in [-0.4, -0.2) is 11.2 Å². The third-order valence-electron chi connectivity index (χ3n) is 3.84. The maximum atomic E-state index is 9.83. The highest BCUT2D eigenvalue weighted by molar-refractivity contribution is 5.13. The van der Waals surface area contributed by atoms with Crippen molar-refractivity contribution in [2.24, 2.45) is 23.7 Å². The van der Waals surface area contributed by atoms with Crippen LogP contribution in [0.2, 0.25) is 0 Å². The Kier molecular flexibility index (Phi) is 1.07. The lowest BCUT2D eigenvalue weighted by Crippen LogP contribution is -2.19. The van der Waals surface area contributed by atoms with E-state index in [1.165, 1.54) is 19.3 Å². The quantitative estimate of drug-likeness (QED) is 0.520. The summed E-state index contributed by atoms with van der Waals surface area (Å²) in [6.45, 7) is 0. The second-order valence-corrected chi connectivity index (χ2v) is 4.44. The van der Waals surface area contributed by atoms with Gasteiger partial charge in [-0.05, 0) is 37.0 Å². The summed E-state index contributed by atoms with van der Waals surface area (Å²) in [4.78, 5) is 0. The lowest BCUT2D eigenvalue weighted by atomic mass is 9.76. The molecule has 2 fully saturated rings. The van der Waals surface area contributed by atoms with Gasteiger partial charge in [0.25, 0.3) is 0 Å². The van der Waals surface area contributed by atoms with Crippen LogP contribution < -0.4 is 0 Å². The summed E-state index contributed by atoms with van der Waals surface area (Å²) in [5.41, 5.74) is 0. The Morgan fingerprint density at radius 1 is 1.00 bits per heavy atom. The van der Waals surface area contributed by atoms with Crippen molar-refractivity contribution in [3.63, 3.8) is 0 Å². The van der Waals surface area contributed by atoms with Crippen molar-refractivity contribution in [1.29, 1.82) is 0 Å². The molecule has 0 aliphatic heterocycles.